The maximum Gasteiger partial charge on any atom is 0.438 e. The van der Waals surface area contributed by atoms with E-state index in [0.29, 0.717) is 6.42 Å². The Kier molecular flexibility index (Phi) is 9.72. The number of ether oxygens (including phenoxy) is 2. The minimum Gasteiger partial charge on any atom is -0.748 e. The molecule has 248 valence electrons. The van der Waals surface area contributed by atoms with Gasteiger partial charge in [0.2, 0.25) is 0 Å². The lowest BCUT2D eigenvalue weighted by atomic mass is 9.48. The lowest BCUT2D eigenvalue weighted by Crippen LogP contribution is -2.66. The maximum atomic E-state index is 13.6. The van der Waals surface area contributed by atoms with Gasteiger partial charge in [-0.3, -0.25) is 4.79 Å². The van der Waals surface area contributed by atoms with Crippen LogP contribution in [0, 0.1) is 17.3 Å². The molecule has 0 N–H and O–H groups in total. The molecule has 5 rings (SSSR count). The van der Waals surface area contributed by atoms with E-state index in [2.05, 4.69) is 62.8 Å². The number of nitrogens with zero attached hydrogens (tertiary/aromatic N) is 1. The number of alkyl halides is 6. The molecule has 4 fully saturated rings. The van der Waals surface area contributed by atoms with Crippen molar-refractivity contribution in [3.05, 3.63) is 48.0 Å². The molecule has 15 heteroatoms. The fraction of sp³-hybridized carbons (Fsp3) is 0.655. The minimum atomic E-state index is -6.44. The molecular weight excluding hydrogens is 620 g/mol. The third-order valence-corrected chi connectivity index (χ3v) is 8.92. The van der Waals surface area contributed by atoms with Crippen LogP contribution in [0.3, 0.4) is 0 Å². The minimum absolute atomic E-state index is 0.0242. The number of hydrogen-bond donors (Lipinski definition) is 0. The van der Waals surface area contributed by atoms with Gasteiger partial charge in [-0.1, -0.05) is 36.9 Å². The molecule has 4 aliphatic carbocycles. The van der Waals surface area contributed by atoms with Gasteiger partial charge >= 0.3 is 29.9 Å². The molecule has 0 aliphatic heterocycles. The zero-order chi connectivity index (χ0) is 33.6. The summed E-state index contributed by atoms with van der Waals surface area (Å²) in [4.78, 5) is 25.1. The van der Waals surface area contributed by atoms with E-state index in [0.717, 1.165) is 11.0 Å². The first-order chi connectivity index (χ1) is 19.8. The van der Waals surface area contributed by atoms with Crippen LogP contribution in [0.2, 0.25) is 0 Å². The van der Waals surface area contributed by atoms with Gasteiger partial charge in [-0.15, -0.1) is 0 Å². The second kappa shape index (κ2) is 11.9. The van der Waals surface area contributed by atoms with E-state index >= 15 is 0 Å². The van der Waals surface area contributed by atoms with Gasteiger partial charge in [0.15, 0.2) is 0 Å². The molecule has 4 saturated carbocycles. The normalized spacial score (nSPS) is 26.8. The average Bonchev–Trinajstić information content (AvgIpc) is 2.80. The smallest absolute Gasteiger partial charge is 0.438 e. The molecular formula is C29H37F6NO7S. The Labute approximate surface area is 252 Å². The largest absolute Gasteiger partial charge is 0.748 e. The van der Waals surface area contributed by atoms with Crippen LogP contribution >= 0.6 is 0 Å². The third kappa shape index (κ3) is 8.13. The van der Waals surface area contributed by atoms with Crippen molar-refractivity contribution in [2.24, 2.45) is 17.3 Å². The quantitative estimate of drug-likeness (QED) is 0.123. The Balaban J connectivity index is 0.000000404. The third-order valence-electron chi connectivity index (χ3n) is 8.16. The van der Waals surface area contributed by atoms with E-state index in [4.69, 9.17) is 4.74 Å². The van der Waals surface area contributed by atoms with Crippen molar-refractivity contribution in [3.8, 4) is 0 Å². The molecule has 4 bridgehead atoms. The number of quaternary nitrogens is 1. The summed E-state index contributed by atoms with van der Waals surface area (Å²) in [5.74, 6) is -6.42. The SMILES string of the molecule is C=C(C)C(=O)OC12CC3CC(C1)CC(C(=O)OC(CS(=O)(=O)[O-])(C(F)(F)F)C(F)(F)F)(C3)C2.C[N+](C)(C)Cc1ccccc1. The van der Waals surface area contributed by atoms with Crippen molar-refractivity contribution in [2.75, 3.05) is 26.9 Å². The Morgan fingerprint density at radius 2 is 1.48 bits per heavy atom. The van der Waals surface area contributed by atoms with Crippen molar-refractivity contribution in [1.29, 1.82) is 0 Å². The molecule has 0 radical (unpaired) electrons. The lowest BCUT2D eigenvalue weighted by molar-refractivity contribution is -0.884. The summed E-state index contributed by atoms with van der Waals surface area (Å²) >= 11 is 0. The second-order valence-corrected chi connectivity index (χ2v) is 14.8. The summed E-state index contributed by atoms with van der Waals surface area (Å²) < 4.78 is 125. The van der Waals surface area contributed by atoms with Gasteiger partial charge in [0.1, 0.15) is 12.1 Å². The summed E-state index contributed by atoms with van der Waals surface area (Å²) in [6.45, 7) is 5.90. The van der Waals surface area contributed by atoms with E-state index in [9.17, 15) is 48.9 Å². The molecule has 1 aromatic rings. The van der Waals surface area contributed by atoms with Crippen molar-refractivity contribution < 1.29 is 62.9 Å². The van der Waals surface area contributed by atoms with Crippen molar-refractivity contribution in [2.45, 2.75) is 75.5 Å². The summed E-state index contributed by atoms with van der Waals surface area (Å²) in [6.07, 6.45) is -12.4. The Morgan fingerprint density at radius 1 is 0.977 bits per heavy atom. The number of carbonyl (C=O) groups is 2. The van der Waals surface area contributed by atoms with E-state index in [-0.39, 0.29) is 49.5 Å². The molecule has 0 spiro atoms. The predicted molar refractivity (Wildman–Crippen MR) is 144 cm³/mol. The molecule has 0 heterocycles. The van der Waals surface area contributed by atoms with Gasteiger partial charge in [0.25, 0.3) is 0 Å². The molecule has 0 amide bonds. The van der Waals surface area contributed by atoms with Crippen LogP contribution in [0.4, 0.5) is 26.3 Å². The van der Waals surface area contributed by atoms with Crippen LogP contribution in [0.5, 0.6) is 0 Å². The topological polar surface area (TPSA) is 110 Å². The molecule has 2 unspecified atom stereocenters. The number of carbonyl (C=O) groups excluding carboxylic acids is 2. The first-order valence-corrected chi connectivity index (χ1v) is 15.4. The first-order valence-electron chi connectivity index (χ1n) is 13.8. The average molecular weight is 658 g/mol. The van der Waals surface area contributed by atoms with Gasteiger partial charge < -0.3 is 18.5 Å². The Hall–Kier alpha value is -2.65. The van der Waals surface area contributed by atoms with Gasteiger partial charge in [-0.2, -0.15) is 26.3 Å². The van der Waals surface area contributed by atoms with E-state index < -0.39 is 56.8 Å². The molecule has 2 atom stereocenters. The highest BCUT2D eigenvalue weighted by atomic mass is 32.2. The van der Waals surface area contributed by atoms with Crippen molar-refractivity contribution in [3.63, 3.8) is 0 Å². The van der Waals surface area contributed by atoms with Gasteiger partial charge in [-0.25, -0.2) is 13.2 Å². The van der Waals surface area contributed by atoms with E-state index in [1.165, 1.54) is 12.5 Å². The number of rotatable bonds is 8. The lowest BCUT2D eigenvalue weighted by Gasteiger charge is -2.60. The molecule has 0 saturated heterocycles. The fourth-order valence-electron chi connectivity index (χ4n) is 6.94. The van der Waals surface area contributed by atoms with Crippen molar-refractivity contribution in [1.82, 2.24) is 0 Å². The molecule has 8 nitrogen and oxygen atoms in total. The van der Waals surface area contributed by atoms with E-state index in [1.807, 2.05) is 0 Å². The van der Waals surface area contributed by atoms with Crippen LogP contribution in [0.1, 0.15) is 51.0 Å². The summed E-state index contributed by atoms with van der Waals surface area (Å²) in [6, 6.07) is 10.6. The highest BCUT2D eigenvalue weighted by Gasteiger charge is 2.76. The fourth-order valence-corrected chi connectivity index (χ4v) is 7.82. The maximum absolute atomic E-state index is 13.6. The van der Waals surface area contributed by atoms with Crippen LogP contribution in [-0.2, 0) is 35.7 Å². The Morgan fingerprint density at radius 3 is 1.89 bits per heavy atom. The predicted octanol–water partition coefficient (Wildman–Crippen LogP) is 5.29. The summed E-state index contributed by atoms with van der Waals surface area (Å²) in [5, 5.41) is 0. The molecule has 44 heavy (non-hydrogen) atoms. The zero-order valence-electron chi connectivity index (χ0n) is 24.9. The van der Waals surface area contributed by atoms with Crippen LogP contribution in [-0.4, -0.2) is 79.8 Å². The standard InChI is InChI=1S/C19H22F6O7S.C10H16N/c1-10(2)13(26)31-16-6-11-3-12(7-16)5-15(4-11,8-16)14(27)32-17(18(20,21)22,19(23,24)25)9-33(28,29)30;1-11(2,3)9-10-7-5-4-6-8-10/h11-12H,1,3-9H2,2H3,(H,28,29,30);4-8H,9H2,1-3H3/q;+1/p-1. The van der Waals surface area contributed by atoms with Crippen LogP contribution in [0.25, 0.3) is 0 Å². The summed E-state index contributed by atoms with van der Waals surface area (Å²) in [7, 11) is 0.471. The van der Waals surface area contributed by atoms with Crippen LogP contribution in [0.15, 0.2) is 42.5 Å². The highest BCUT2D eigenvalue weighted by Crippen LogP contribution is 2.64. The Bertz CT molecular complexity index is 1320. The van der Waals surface area contributed by atoms with Crippen molar-refractivity contribution >= 4 is 22.1 Å². The highest BCUT2D eigenvalue weighted by molar-refractivity contribution is 7.85. The monoisotopic (exact) mass is 657 g/mol. The number of halogens is 6. The number of esters is 2. The van der Waals surface area contributed by atoms with Gasteiger partial charge in [-0.05, 0) is 50.9 Å². The first kappa shape index (κ1) is 35.8. The zero-order valence-corrected chi connectivity index (χ0v) is 25.7. The molecule has 0 aromatic heterocycles. The number of hydrogen-bond acceptors (Lipinski definition) is 7. The van der Waals surface area contributed by atoms with Gasteiger partial charge in [0, 0.05) is 17.6 Å². The second-order valence-electron chi connectivity index (χ2n) is 13.4. The molecule has 1 aromatic carbocycles. The van der Waals surface area contributed by atoms with Gasteiger partial charge in [0.05, 0.1) is 42.4 Å². The summed E-state index contributed by atoms with van der Waals surface area (Å²) in [5.41, 5.74) is -7.24. The number of benzene rings is 1. The molecule has 4 aliphatic rings. The van der Waals surface area contributed by atoms with E-state index in [1.54, 1.807) is 0 Å². The van der Waals surface area contributed by atoms with Crippen LogP contribution < -0.4 is 0 Å².